The number of carbonyl (C=O) groups is 2. The second kappa shape index (κ2) is 10.4. The predicted octanol–water partition coefficient (Wildman–Crippen LogP) is 2.39. The van der Waals surface area contributed by atoms with Gasteiger partial charge in [0, 0.05) is 6.42 Å². The number of hydrogen-bond donors (Lipinski definition) is 1. The Morgan fingerprint density at radius 3 is 2.45 bits per heavy atom. The zero-order chi connectivity index (χ0) is 21.6. The lowest BCUT2D eigenvalue weighted by Crippen LogP contribution is -2.24. The van der Waals surface area contributed by atoms with E-state index in [9.17, 15) is 9.59 Å². The molecule has 2 heterocycles. The summed E-state index contributed by atoms with van der Waals surface area (Å²) in [6.07, 6.45) is 2.68. The van der Waals surface area contributed by atoms with Crippen LogP contribution < -0.4 is 5.73 Å². The van der Waals surface area contributed by atoms with Crippen molar-refractivity contribution in [2.75, 3.05) is 25.2 Å². The van der Waals surface area contributed by atoms with Crippen molar-refractivity contribution in [3.63, 3.8) is 0 Å². The van der Waals surface area contributed by atoms with Gasteiger partial charge in [-0.25, -0.2) is 9.97 Å². The molecule has 160 valence electrons. The SMILES string of the molecule is CSc1nc(N)nc2c1ncn2C(OCCCOC(=O)C(C)C)OC(=O)C(C)C. The summed E-state index contributed by atoms with van der Waals surface area (Å²) in [5, 5.41) is 0.612. The number of thioether (sulfide) groups is 1. The Bertz CT molecular complexity index is 855. The van der Waals surface area contributed by atoms with E-state index in [1.807, 2.05) is 6.26 Å². The minimum absolute atomic E-state index is 0.0816. The average molecular weight is 426 g/mol. The third kappa shape index (κ3) is 6.04. The van der Waals surface area contributed by atoms with Gasteiger partial charge in [-0.05, 0) is 6.26 Å². The molecular weight excluding hydrogens is 398 g/mol. The molecule has 0 saturated carbocycles. The lowest BCUT2D eigenvalue weighted by Gasteiger charge is -2.21. The van der Waals surface area contributed by atoms with Gasteiger partial charge in [0.1, 0.15) is 16.9 Å². The van der Waals surface area contributed by atoms with E-state index in [2.05, 4.69) is 15.0 Å². The number of nitrogens with two attached hydrogens (primary N) is 1. The van der Waals surface area contributed by atoms with E-state index in [4.69, 9.17) is 19.9 Å². The summed E-state index contributed by atoms with van der Waals surface area (Å²) in [4.78, 5) is 36.4. The highest BCUT2D eigenvalue weighted by Crippen LogP contribution is 2.26. The van der Waals surface area contributed by atoms with Gasteiger partial charge in [-0.2, -0.15) is 4.98 Å². The molecule has 2 aromatic rings. The zero-order valence-corrected chi connectivity index (χ0v) is 18.1. The normalized spacial score (nSPS) is 12.5. The predicted molar refractivity (Wildman–Crippen MR) is 108 cm³/mol. The Labute approximate surface area is 173 Å². The Morgan fingerprint density at radius 2 is 1.83 bits per heavy atom. The highest BCUT2D eigenvalue weighted by molar-refractivity contribution is 7.98. The first-order valence-corrected chi connectivity index (χ1v) is 10.5. The topological polar surface area (TPSA) is 131 Å². The number of imidazole rings is 1. The minimum Gasteiger partial charge on any atom is -0.465 e. The molecule has 0 radical (unpaired) electrons. The maximum atomic E-state index is 12.2. The van der Waals surface area contributed by atoms with Gasteiger partial charge < -0.3 is 19.9 Å². The maximum Gasteiger partial charge on any atom is 0.312 e. The Kier molecular flexibility index (Phi) is 8.21. The van der Waals surface area contributed by atoms with Crippen LogP contribution in [0.3, 0.4) is 0 Å². The van der Waals surface area contributed by atoms with Crippen LogP contribution in [0.5, 0.6) is 0 Å². The first kappa shape index (κ1) is 22.9. The molecule has 1 atom stereocenters. The molecule has 0 fully saturated rings. The lowest BCUT2D eigenvalue weighted by molar-refractivity contribution is -0.205. The number of rotatable bonds is 10. The molecule has 0 spiro atoms. The third-order valence-corrected chi connectivity index (χ3v) is 4.45. The molecule has 11 heteroatoms. The van der Waals surface area contributed by atoms with E-state index in [-0.39, 0.29) is 37.0 Å². The summed E-state index contributed by atoms with van der Waals surface area (Å²) in [5.74, 6) is -1.16. The van der Waals surface area contributed by atoms with E-state index in [0.29, 0.717) is 22.6 Å². The summed E-state index contributed by atoms with van der Waals surface area (Å²) >= 11 is 1.38. The standard InChI is InChI=1S/C18H27N5O5S/c1-10(2)15(24)26-7-6-8-27-18(28-16(25)11(3)4)23-9-20-12-13(23)21-17(19)22-14(12)29-5/h9-11,18H,6-8H2,1-5H3,(H2,19,21,22). The summed E-state index contributed by atoms with van der Waals surface area (Å²) in [7, 11) is 0. The molecule has 1 unspecified atom stereocenters. The van der Waals surface area contributed by atoms with Crippen LogP contribution in [0.1, 0.15) is 40.5 Å². The van der Waals surface area contributed by atoms with Crippen LogP contribution in [0, 0.1) is 11.8 Å². The zero-order valence-electron chi connectivity index (χ0n) is 17.2. The number of esters is 2. The van der Waals surface area contributed by atoms with Crippen LogP contribution in [0.4, 0.5) is 5.95 Å². The van der Waals surface area contributed by atoms with Crippen molar-refractivity contribution in [3.05, 3.63) is 6.33 Å². The Morgan fingerprint density at radius 1 is 1.14 bits per heavy atom. The van der Waals surface area contributed by atoms with Crippen LogP contribution >= 0.6 is 11.8 Å². The molecule has 10 nitrogen and oxygen atoms in total. The van der Waals surface area contributed by atoms with Gasteiger partial charge in [0.15, 0.2) is 5.65 Å². The molecular formula is C18H27N5O5S. The first-order valence-electron chi connectivity index (χ1n) is 9.27. The first-order chi connectivity index (χ1) is 13.7. The lowest BCUT2D eigenvalue weighted by atomic mass is 10.2. The molecule has 0 aliphatic rings. The Hall–Kier alpha value is -2.40. The van der Waals surface area contributed by atoms with Crippen molar-refractivity contribution in [1.82, 2.24) is 19.5 Å². The van der Waals surface area contributed by atoms with Gasteiger partial charge in [0.05, 0.1) is 25.0 Å². The van der Waals surface area contributed by atoms with Gasteiger partial charge in [0.2, 0.25) is 5.95 Å². The molecule has 2 aromatic heterocycles. The maximum absolute atomic E-state index is 12.2. The fourth-order valence-corrected chi connectivity index (χ4v) is 2.71. The molecule has 2 N–H and O–H groups in total. The second-order valence-corrected chi connectivity index (χ2v) is 7.66. The van der Waals surface area contributed by atoms with Crippen molar-refractivity contribution in [2.24, 2.45) is 11.8 Å². The van der Waals surface area contributed by atoms with Gasteiger partial charge >= 0.3 is 11.9 Å². The number of carbonyl (C=O) groups excluding carboxylic acids is 2. The molecule has 0 aliphatic carbocycles. The van der Waals surface area contributed by atoms with E-state index < -0.39 is 12.4 Å². The van der Waals surface area contributed by atoms with Crippen LogP contribution in [0.2, 0.25) is 0 Å². The summed E-state index contributed by atoms with van der Waals surface area (Å²) in [6.45, 7) is 7.38. The summed E-state index contributed by atoms with van der Waals surface area (Å²) in [5.41, 5.74) is 6.73. The van der Waals surface area contributed by atoms with Gasteiger partial charge in [-0.1, -0.05) is 27.7 Å². The smallest absolute Gasteiger partial charge is 0.312 e. The van der Waals surface area contributed by atoms with E-state index in [1.165, 1.54) is 22.7 Å². The van der Waals surface area contributed by atoms with E-state index >= 15 is 0 Å². The van der Waals surface area contributed by atoms with Crippen LogP contribution in [-0.4, -0.2) is 50.9 Å². The fraction of sp³-hybridized carbons (Fsp3) is 0.611. The van der Waals surface area contributed by atoms with Crippen molar-refractivity contribution in [1.29, 1.82) is 0 Å². The number of hydrogen-bond acceptors (Lipinski definition) is 10. The van der Waals surface area contributed by atoms with Crippen molar-refractivity contribution in [2.45, 2.75) is 45.6 Å². The number of aromatic nitrogens is 4. The highest BCUT2D eigenvalue weighted by atomic mass is 32.2. The number of nitrogens with zero attached hydrogens (tertiary/aromatic N) is 4. The molecule has 29 heavy (non-hydrogen) atoms. The van der Waals surface area contributed by atoms with Gasteiger partial charge in [-0.3, -0.25) is 14.2 Å². The molecule has 0 aromatic carbocycles. The quantitative estimate of drug-likeness (QED) is 0.199. The van der Waals surface area contributed by atoms with Gasteiger partial charge in [0.25, 0.3) is 6.41 Å². The third-order valence-electron chi connectivity index (χ3n) is 3.78. The number of anilines is 1. The molecule has 2 rings (SSSR count). The van der Waals surface area contributed by atoms with Crippen molar-refractivity contribution < 1.29 is 23.8 Å². The second-order valence-electron chi connectivity index (χ2n) is 6.86. The number of ether oxygens (including phenoxy) is 3. The molecule has 0 bridgehead atoms. The van der Waals surface area contributed by atoms with E-state index in [1.54, 1.807) is 27.7 Å². The van der Waals surface area contributed by atoms with Gasteiger partial charge in [-0.15, -0.1) is 11.8 Å². The molecule has 0 saturated heterocycles. The van der Waals surface area contributed by atoms with Crippen LogP contribution in [0.25, 0.3) is 11.2 Å². The summed E-state index contributed by atoms with van der Waals surface area (Å²) < 4.78 is 17.9. The largest absolute Gasteiger partial charge is 0.465 e. The minimum atomic E-state index is -1.08. The van der Waals surface area contributed by atoms with Crippen LogP contribution in [0.15, 0.2) is 11.4 Å². The van der Waals surface area contributed by atoms with Crippen LogP contribution in [-0.2, 0) is 23.8 Å². The van der Waals surface area contributed by atoms with Crippen molar-refractivity contribution in [3.8, 4) is 0 Å². The fourth-order valence-electron chi connectivity index (χ4n) is 2.19. The average Bonchev–Trinajstić information content (AvgIpc) is 3.09. The van der Waals surface area contributed by atoms with Crippen molar-refractivity contribution >= 4 is 40.8 Å². The number of nitrogen functional groups attached to an aromatic ring is 1. The molecule has 0 aliphatic heterocycles. The van der Waals surface area contributed by atoms with E-state index in [0.717, 1.165) is 0 Å². The number of fused-ring (bicyclic) bond motifs is 1. The summed E-state index contributed by atoms with van der Waals surface area (Å²) in [6, 6.07) is 0. The Balaban J connectivity index is 2.16. The monoisotopic (exact) mass is 425 g/mol. The molecule has 0 amide bonds. The highest BCUT2D eigenvalue weighted by Gasteiger charge is 2.23.